The Morgan fingerprint density at radius 3 is 2.46 bits per heavy atom. The average molecular weight is 328 g/mol. The number of aromatic amines is 1. The molecule has 2 aromatic rings. The van der Waals surface area contributed by atoms with Crippen LogP contribution in [0, 0.1) is 0 Å². The first-order valence-electron chi connectivity index (χ1n) is 8.42. The smallest absolute Gasteiger partial charge is 0.289 e. The number of nitrogens with zero attached hydrogens (tertiary/aromatic N) is 3. The van der Waals surface area contributed by atoms with E-state index in [2.05, 4.69) is 10.2 Å². The molecule has 1 N–H and O–H groups in total. The summed E-state index contributed by atoms with van der Waals surface area (Å²) in [5.41, 5.74) is 2.76. The first-order valence-corrected chi connectivity index (χ1v) is 8.42. The third kappa shape index (κ3) is 2.60. The number of H-pyrrole nitrogens is 1. The Hall–Kier alpha value is -2.57. The second-order valence-corrected chi connectivity index (χ2v) is 6.30. The topological polar surface area (TPSA) is 82.4 Å². The van der Waals surface area contributed by atoms with Crippen molar-refractivity contribution in [3.05, 3.63) is 41.1 Å². The van der Waals surface area contributed by atoms with E-state index in [1.165, 1.54) is 6.26 Å². The average Bonchev–Trinajstić information content (AvgIpc) is 3.30. The number of hydrogen-bond acceptors (Lipinski definition) is 4. The molecule has 7 heteroatoms. The van der Waals surface area contributed by atoms with E-state index >= 15 is 0 Å². The van der Waals surface area contributed by atoms with Gasteiger partial charge in [0.2, 0.25) is 0 Å². The lowest BCUT2D eigenvalue weighted by Gasteiger charge is -2.34. The predicted molar refractivity (Wildman–Crippen MR) is 85.7 cm³/mol. The lowest BCUT2D eigenvalue weighted by atomic mass is 9.95. The third-order valence-corrected chi connectivity index (χ3v) is 4.84. The largest absolute Gasteiger partial charge is 0.459 e. The van der Waals surface area contributed by atoms with Crippen molar-refractivity contribution in [2.75, 3.05) is 26.2 Å². The summed E-state index contributed by atoms with van der Waals surface area (Å²) < 4.78 is 5.16. The van der Waals surface area contributed by atoms with Gasteiger partial charge in [0.05, 0.1) is 6.26 Å². The van der Waals surface area contributed by atoms with E-state index in [-0.39, 0.29) is 11.8 Å². The van der Waals surface area contributed by atoms with Gasteiger partial charge in [-0.05, 0) is 37.8 Å². The van der Waals surface area contributed by atoms with Crippen LogP contribution in [0.4, 0.5) is 0 Å². The van der Waals surface area contributed by atoms with Crippen LogP contribution in [-0.4, -0.2) is 58.0 Å². The third-order valence-electron chi connectivity index (χ3n) is 4.84. The number of amides is 2. The number of hydrogen-bond donors (Lipinski definition) is 1. The summed E-state index contributed by atoms with van der Waals surface area (Å²) in [5.74, 6) is 0.194. The van der Waals surface area contributed by atoms with Gasteiger partial charge in [0.25, 0.3) is 11.8 Å². The van der Waals surface area contributed by atoms with Crippen LogP contribution in [0.5, 0.6) is 0 Å². The van der Waals surface area contributed by atoms with Gasteiger partial charge < -0.3 is 14.2 Å². The van der Waals surface area contributed by atoms with Crippen molar-refractivity contribution in [1.82, 2.24) is 20.0 Å². The summed E-state index contributed by atoms with van der Waals surface area (Å²) in [6, 6.07) is 3.36. The minimum atomic E-state index is -0.121. The zero-order chi connectivity index (χ0) is 16.5. The van der Waals surface area contributed by atoms with Crippen molar-refractivity contribution in [1.29, 1.82) is 0 Å². The Bertz CT molecular complexity index is 742. The van der Waals surface area contributed by atoms with E-state index in [1.807, 2.05) is 0 Å². The highest BCUT2D eigenvalue weighted by Gasteiger charge is 2.30. The molecule has 7 nitrogen and oxygen atoms in total. The molecule has 1 aliphatic heterocycles. The van der Waals surface area contributed by atoms with Crippen molar-refractivity contribution in [2.24, 2.45) is 0 Å². The zero-order valence-corrected chi connectivity index (χ0v) is 13.5. The Kier molecular flexibility index (Phi) is 3.84. The Morgan fingerprint density at radius 1 is 1.04 bits per heavy atom. The lowest BCUT2D eigenvalue weighted by Crippen LogP contribution is -2.50. The van der Waals surface area contributed by atoms with Crippen molar-refractivity contribution >= 4 is 11.8 Å². The van der Waals surface area contributed by atoms with Crippen LogP contribution < -0.4 is 0 Å². The highest BCUT2D eigenvalue weighted by atomic mass is 16.3. The second-order valence-electron chi connectivity index (χ2n) is 6.30. The van der Waals surface area contributed by atoms with Gasteiger partial charge >= 0.3 is 0 Å². The monoisotopic (exact) mass is 328 g/mol. The number of fused-ring (bicyclic) bond motifs is 1. The summed E-state index contributed by atoms with van der Waals surface area (Å²) >= 11 is 0. The molecule has 1 saturated heterocycles. The van der Waals surface area contributed by atoms with Crippen LogP contribution in [0.25, 0.3) is 0 Å². The SMILES string of the molecule is O=C(c1ccco1)N1CCN(C(=O)c2n[nH]c3c2CCCC3)CC1. The fourth-order valence-corrected chi connectivity index (χ4v) is 3.48. The van der Waals surface area contributed by atoms with Crippen LogP contribution in [0.3, 0.4) is 0 Å². The molecule has 24 heavy (non-hydrogen) atoms. The van der Waals surface area contributed by atoms with Crippen LogP contribution >= 0.6 is 0 Å². The molecule has 2 aliphatic rings. The fourth-order valence-electron chi connectivity index (χ4n) is 3.48. The highest BCUT2D eigenvalue weighted by Crippen LogP contribution is 2.23. The number of carbonyl (C=O) groups is 2. The second kappa shape index (κ2) is 6.14. The maximum atomic E-state index is 12.8. The molecule has 4 rings (SSSR count). The summed E-state index contributed by atoms with van der Waals surface area (Å²) in [6.07, 6.45) is 5.65. The number of piperazine rings is 1. The van der Waals surface area contributed by atoms with Gasteiger partial charge in [-0.3, -0.25) is 14.7 Å². The minimum absolute atomic E-state index is 0.0282. The quantitative estimate of drug-likeness (QED) is 0.905. The van der Waals surface area contributed by atoms with Crippen LogP contribution in [0.15, 0.2) is 22.8 Å². The molecule has 0 unspecified atom stereocenters. The molecule has 2 aromatic heterocycles. The van der Waals surface area contributed by atoms with Gasteiger partial charge in [-0.1, -0.05) is 0 Å². The number of furan rings is 1. The Morgan fingerprint density at radius 2 is 1.75 bits per heavy atom. The predicted octanol–water partition coefficient (Wildman–Crippen LogP) is 1.48. The minimum Gasteiger partial charge on any atom is -0.459 e. The normalized spacial score (nSPS) is 17.7. The Labute approximate surface area is 139 Å². The first-order chi connectivity index (χ1) is 11.7. The van der Waals surface area contributed by atoms with E-state index in [1.54, 1.807) is 21.9 Å². The molecule has 0 spiro atoms. The van der Waals surface area contributed by atoms with Gasteiger partial charge in [0.1, 0.15) is 0 Å². The molecule has 0 bridgehead atoms. The molecular formula is C17H20N4O3. The number of rotatable bonds is 2. The summed E-state index contributed by atoms with van der Waals surface area (Å²) in [7, 11) is 0. The maximum Gasteiger partial charge on any atom is 0.289 e. The number of nitrogens with one attached hydrogen (secondary N) is 1. The Balaban J connectivity index is 1.41. The van der Waals surface area contributed by atoms with Crippen molar-refractivity contribution < 1.29 is 14.0 Å². The van der Waals surface area contributed by atoms with Gasteiger partial charge in [0, 0.05) is 37.4 Å². The summed E-state index contributed by atoms with van der Waals surface area (Å²) in [6.45, 7) is 2.07. The van der Waals surface area contributed by atoms with Gasteiger partial charge in [-0.2, -0.15) is 5.10 Å². The molecule has 1 fully saturated rings. The molecule has 0 atom stereocenters. The zero-order valence-electron chi connectivity index (χ0n) is 13.5. The summed E-state index contributed by atoms with van der Waals surface area (Å²) in [5, 5.41) is 7.27. The number of aromatic nitrogens is 2. The molecule has 2 amide bonds. The van der Waals surface area contributed by atoms with Crippen molar-refractivity contribution in [2.45, 2.75) is 25.7 Å². The fraction of sp³-hybridized carbons (Fsp3) is 0.471. The van der Waals surface area contributed by atoms with Crippen LogP contribution in [0.2, 0.25) is 0 Å². The highest BCUT2D eigenvalue weighted by molar-refractivity contribution is 5.95. The van der Waals surface area contributed by atoms with E-state index in [9.17, 15) is 9.59 Å². The molecule has 1 aliphatic carbocycles. The van der Waals surface area contributed by atoms with Gasteiger partial charge in [-0.15, -0.1) is 0 Å². The van der Waals surface area contributed by atoms with Crippen LogP contribution in [-0.2, 0) is 12.8 Å². The van der Waals surface area contributed by atoms with Crippen molar-refractivity contribution in [3.8, 4) is 0 Å². The van der Waals surface area contributed by atoms with E-state index < -0.39 is 0 Å². The standard InChI is InChI=1S/C17H20N4O3/c22-16(14-6-3-11-24-14)20-7-9-21(10-8-20)17(23)15-12-4-1-2-5-13(12)18-19-15/h3,6,11H,1-2,4-5,7-10H2,(H,18,19). The first kappa shape index (κ1) is 15.0. The number of aryl methyl sites for hydroxylation is 1. The van der Waals surface area contributed by atoms with E-state index in [0.717, 1.165) is 36.9 Å². The molecule has 0 saturated carbocycles. The molecular weight excluding hydrogens is 308 g/mol. The maximum absolute atomic E-state index is 12.8. The van der Waals surface area contributed by atoms with E-state index in [4.69, 9.17) is 4.42 Å². The van der Waals surface area contributed by atoms with Crippen molar-refractivity contribution in [3.63, 3.8) is 0 Å². The van der Waals surface area contributed by atoms with Gasteiger partial charge in [-0.25, -0.2) is 0 Å². The number of carbonyl (C=O) groups excluding carboxylic acids is 2. The molecule has 3 heterocycles. The summed E-state index contributed by atoms with van der Waals surface area (Å²) in [4.78, 5) is 28.5. The molecule has 0 radical (unpaired) electrons. The lowest BCUT2D eigenvalue weighted by molar-refractivity contribution is 0.0514. The van der Waals surface area contributed by atoms with Gasteiger partial charge in [0.15, 0.2) is 11.5 Å². The molecule has 126 valence electrons. The van der Waals surface area contributed by atoms with Crippen LogP contribution in [0.1, 0.15) is 45.1 Å². The molecule has 0 aromatic carbocycles. The van der Waals surface area contributed by atoms with E-state index in [0.29, 0.717) is 37.6 Å².